The Hall–Kier alpha value is -2.76. The summed E-state index contributed by atoms with van der Waals surface area (Å²) in [6, 6.07) is 9.28. The first-order chi connectivity index (χ1) is 11.2. The molecule has 0 aliphatic heterocycles. The highest BCUT2D eigenvalue weighted by atomic mass is 16.2. The molecule has 0 radical (unpaired) electrons. The Morgan fingerprint density at radius 2 is 2.00 bits per heavy atom. The van der Waals surface area contributed by atoms with Crippen LogP contribution < -0.4 is 0 Å². The largest absolute Gasteiger partial charge is 0.342 e. The second kappa shape index (κ2) is 6.56. The molecule has 0 unspecified atom stereocenters. The van der Waals surface area contributed by atoms with Crippen molar-refractivity contribution in [2.24, 2.45) is 0 Å². The molecule has 2 aromatic heterocycles. The third-order valence-electron chi connectivity index (χ3n) is 3.77. The van der Waals surface area contributed by atoms with Crippen LogP contribution in [0.3, 0.4) is 0 Å². The second-order valence-electron chi connectivity index (χ2n) is 5.47. The van der Waals surface area contributed by atoms with E-state index >= 15 is 0 Å². The van der Waals surface area contributed by atoms with Crippen LogP contribution in [0.5, 0.6) is 0 Å². The van der Waals surface area contributed by atoms with Crippen LogP contribution >= 0.6 is 0 Å². The Morgan fingerprint density at radius 1 is 1.22 bits per heavy atom. The third kappa shape index (κ3) is 3.06. The number of nitrogens with zero attached hydrogens (tertiary/aromatic N) is 5. The molecule has 0 atom stereocenters. The van der Waals surface area contributed by atoms with E-state index in [4.69, 9.17) is 0 Å². The quantitative estimate of drug-likeness (QED) is 0.727. The molecule has 0 bridgehead atoms. The maximum atomic E-state index is 12.3. The highest BCUT2D eigenvalue weighted by molar-refractivity contribution is 5.94. The van der Waals surface area contributed by atoms with Gasteiger partial charge in [0.15, 0.2) is 5.82 Å². The van der Waals surface area contributed by atoms with E-state index in [2.05, 4.69) is 22.1 Å². The molecular weight excluding hydrogens is 290 g/mol. The SMILES string of the molecule is CCCCN(C)C(=O)c1ccc(-c2nnc3ncccn23)cc1. The first-order valence-electron chi connectivity index (χ1n) is 7.72. The average molecular weight is 309 g/mol. The van der Waals surface area contributed by atoms with Gasteiger partial charge in [0, 0.05) is 37.1 Å². The van der Waals surface area contributed by atoms with Crippen LogP contribution in [-0.2, 0) is 0 Å². The van der Waals surface area contributed by atoms with E-state index in [0.29, 0.717) is 17.2 Å². The van der Waals surface area contributed by atoms with Gasteiger partial charge in [-0.05, 0) is 24.6 Å². The summed E-state index contributed by atoms with van der Waals surface area (Å²) in [5.74, 6) is 1.31. The van der Waals surface area contributed by atoms with Gasteiger partial charge >= 0.3 is 0 Å². The predicted octanol–water partition coefficient (Wildman–Crippen LogP) is 2.66. The fourth-order valence-electron chi connectivity index (χ4n) is 2.42. The van der Waals surface area contributed by atoms with Crippen molar-refractivity contribution in [3.05, 3.63) is 48.3 Å². The number of hydrogen-bond acceptors (Lipinski definition) is 4. The summed E-state index contributed by atoms with van der Waals surface area (Å²) >= 11 is 0. The minimum Gasteiger partial charge on any atom is -0.342 e. The Balaban J connectivity index is 1.83. The minimum atomic E-state index is 0.0396. The van der Waals surface area contributed by atoms with E-state index in [0.717, 1.165) is 24.9 Å². The molecule has 0 saturated carbocycles. The molecule has 0 aliphatic carbocycles. The zero-order valence-electron chi connectivity index (χ0n) is 13.3. The van der Waals surface area contributed by atoms with Crippen molar-refractivity contribution in [3.8, 4) is 11.4 Å². The van der Waals surface area contributed by atoms with Gasteiger partial charge in [-0.15, -0.1) is 10.2 Å². The molecule has 3 aromatic rings. The Labute approximate surface area is 134 Å². The number of carbonyl (C=O) groups excluding carboxylic acids is 1. The number of rotatable bonds is 5. The molecule has 6 nitrogen and oxygen atoms in total. The fraction of sp³-hybridized carbons (Fsp3) is 0.294. The highest BCUT2D eigenvalue weighted by Crippen LogP contribution is 2.18. The molecule has 0 fully saturated rings. The van der Waals surface area contributed by atoms with Crippen LogP contribution in [0, 0.1) is 0 Å². The van der Waals surface area contributed by atoms with E-state index in [1.807, 2.05) is 48.0 Å². The highest BCUT2D eigenvalue weighted by Gasteiger charge is 2.13. The average Bonchev–Trinajstić information content (AvgIpc) is 3.03. The van der Waals surface area contributed by atoms with Crippen molar-refractivity contribution in [2.75, 3.05) is 13.6 Å². The summed E-state index contributed by atoms with van der Waals surface area (Å²) in [5, 5.41) is 8.21. The van der Waals surface area contributed by atoms with E-state index in [-0.39, 0.29) is 5.91 Å². The van der Waals surface area contributed by atoms with E-state index < -0.39 is 0 Å². The van der Waals surface area contributed by atoms with E-state index in [1.54, 1.807) is 11.1 Å². The first kappa shape index (κ1) is 15.1. The number of fused-ring (bicyclic) bond motifs is 1. The smallest absolute Gasteiger partial charge is 0.255 e. The maximum absolute atomic E-state index is 12.3. The van der Waals surface area contributed by atoms with Crippen molar-refractivity contribution >= 4 is 11.7 Å². The van der Waals surface area contributed by atoms with Gasteiger partial charge < -0.3 is 4.90 Å². The van der Waals surface area contributed by atoms with Crippen LogP contribution in [0.4, 0.5) is 0 Å². The molecule has 0 spiro atoms. The van der Waals surface area contributed by atoms with Crippen molar-refractivity contribution < 1.29 is 4.79 Å². The molecule has 1 amide bonds. The summed E-state index contributed by atoms with van der Waals surface area (Å²) in [6.45, 7) is 2.89. The normalized spacial score (nSPS) is 10.9. The number of benzene rings is 1. The third-order valence-corrected chi connectivity index (χ3v) is 3.77. The van der Waals surface area contributed by atoms with Gasteiger partial charge in [-0.2, -0.15) is 0 Å². The molecule has 0 N–H and O–H groups in total. The lowest BCUT2D eigenvalue weighted by Crippen LogP contribution is -2.27. The lowest BCUT2D eigenvalue weighted by molar-refractivity contribution is 0.0793. The maximum Gasteiger partial charge on any atom is 0.255 e. The van der Waals surface area contributed by atoms with Gasteiger partial charge in [0.1, 0.15) is 0 Å². The van der Waals surface area contributed by atoms with E-state index in [1.165, 1.54) is 0 Å². The Kier molecular flexibility index (Phi) is 4.32. The van der Waals surface area contributed by atoms with Crippen LogP contribution in [0.15, 0.2) is 42.7 Å². The van der Waals surface area contributed by atoms with Crippen molar-refractivity contribution in [3.63, 3.8) is 0 Å². The van der Waals surface area contributed by atoms with Gasteiger partial charge in [0.25, 0.3) is 11.7 Å². The minimum absolute atomic E-state index is 0.0396. The van der Waals surface area contributed by atoms with Crippen molar-refractivity contribution in [1.82, 2.24) is 24.5 Å². The lowest BCUT2D eigenvalue weighted by atomic mass is 10.1. The monoisotopic (exact) mass is 309 g/mol. The molecule has 0 saturated heterocycles. The van der Waals surface area contributed by atoms with Crippen LogP contribution in [0.1, 0.15) is 30.1 Å². The molecule has 6 heteroatoms. The fourth-order valence-corrected chi connectivity index (χ4v) is 2.42. The topological polar surface area (TPSA) is 63.4 Å². The summed E-state index contributed by atoms with van der Waals surface area (Å²) in [7, 11) is 1.84. The van der Waals surface area contributed by atoms with Gasteiger partial charge in [-0.1, -0.05) is 25.5 Å². The van der Waals surface area contributed by atoms with Gasteiger partial charge in [0.2, 0.25) is 0 Å². The number of carbonyl (C=O) groups is 1. The van der Waals surface area contributed by atoms with Gasteiger partial charge in [0.05, 0.1) is 0 Å². The summed E-state index contributed by atoms with van der Waals surface area (Å²) in [6.07, 6.45) is 5.64. The Morgan fingerprint density at radius 3 is 2.74 bits per heavy atom. The zero-order valence-corrected chi connectivity index (χ0v) is 13.3. The van der Waals surface area contributed by atoms with Gasteiger partial charge in [-0.25, -0.2) is 4.98 Å². The number of aromatic nitrogens is 4. The number of hydrogen-bond donors (Lipinski definition) is 0. The standard InChI is InChI=1S/C17H19N5O/c1-3-4-11-21(2)16(23)14-8-6-13(7-9-14)15-19-20-17-18-10-5-12-22(15)17/h5-10,12H,3-4,11H2,1-2H3. The van der Waals surface area contributed by atoms with Crippen molar-refractivity contribution in [1.29, 1.82) is 0 Å². The number of unbranched alkanes of at least 4 members (excludes halogenated alkanes) is 1. The van der Waals surface area contributed by atoms with E-state index in [9.17, 15) is 4.79 Å². The molecule has 3 rings (SSSR count). The first-order valence-corrected chi connectivity index (χ1v) is 7.72. The van der Waals surface area contributed by atoms with Crippen molar-refractivity contribution in [2.45, 2.75) is 19.8 Å². The molecular formula is C17H19N5O. The summed E-state index contributed by atoms with van der Waals surface area (Å²) in [5.41, 5.74) is 1.58. The lowest BCUT2D eigenvalue weighted by Gasteiger charge is -2.16. The molecule has 0 aliphatic rings. The summed E-state index contributed by atoms with van der Waals surface area (Å²) in [4.78, 5) is 18.3. The Bertz CT molecular complexity index is 809. The van der Waals surface area contributed by atoms with Crippen LogP contribution in [-0.4, -0.2) is 44.0 Å². The van der Waals surface area contributed by atoms with Crippen LogP contribution in [0.2, 0.25) is 0 Å². The summed E-state index contributed by atoms with van der Waals surface area (Å²) < 4.78 is 1.82. The predicted molar refractivity (Wildman–Crippen MR) is 88.1 cm³/mol. The van der Waals surface area contributed by atoms with Gasteiger partial charge in [-0.3, -0.25) is 9.20 Å². The molecule has 1 aromatic carbocycles. The molecule has 118 valence electrons. The second-order valence-corrected chi connectivity index (χ2v) is 5.47. The zero-order chi connectivity index (χ0) is 16.2. The van der Waals surface area contributed by atoms with Crippen LogP contribution in [0.25, 0.3) is 17.2 Å². The molecule has 2 heterocycles. The molecule has 23 heavy (non-hydrogen) atoms. The number of amides is 1.